The van der Waals surface area contributed by atoms with Crippen molar-refractivity contribution < 1.29 is 28.0 Å². The highest BCUT2D eigenvalue weighted by atomic mass is 32.2. The number of rotatable bonds is 8. The van der Waals surface area contributed by atoms with Gasteiger partial charge in [-0.2, -0.15) is 0 Å². The number of phenols is 1. The van der Waals surface area contributed by atoms with Gasteiger partial charge in [-0.25, -0.2) is 8.42 Å². The highest BCUT2D eigenvalue weighted by Crippen LogP contribution is 2.30. The summed E-state index contributed by atoms with van der Waals surface area (Å²) in [6.07, 6.45) is 1.60. The Kier molecular flexibility index (Phi) is 6.30. The molecule has 3 aromatic carbocycles. The average Bonchev–Trinajstić information content (AvgIpc) is 3.22. The van der Waals surface area contributed by atoms with E-state index in [9.17, 15) is 28.4 Å². The van der Waals surface area contributed by atoms with E-state index in [1.165, 1.54) is 37.4 Å². The molecule has 180 valence electrons. The van der Waals surface area contributed by atoms with E-state index < -0.39 is 20.9 Å². The third kappa shape index (κ3) is 5.01. The number of fused-ring (bicyclic) bond motifs is 1. The van der Waals surface area contributed by atoms with E-state index in [0.29, 0.717) is 16.7 Å². The van der Waals surface area contributed by atoms with Crippen LogP contribution in [-0.4, -0.2) is 36.0 Å². The number of nitro groups is 1. The molecule has 1 amide bonds. The molecule has 0 saturated heterocycles. The topological polar surface area (TPSA) is 153 Å². The van der Waals surface area contributed by atoms with Crippen molar-refractivity contribution in [2.75, 3.05) is 17.1 Å². The molecule has 4 rings (SSSR count). The minimum absolute atomic E-state index is 0.0654. The lowest BCUT2D eigenvalue weighted by Crippen LogP contribution is -2.19. The van der Waals surface area contributed by atoms with E-state index >= 15 is 0 Å². The highest BCUT2D eigenvalue weighted by Gasteiger charge is 2.19. The number of nitrogens with zero attached hydrogens (tertiary/aromatic N) is 2. The van der Waals surface area contributed by atoms with Crippen LogP contribution in [0.1, 0.15) is 0 Å². The first kappa shape index (κ1) is 23.6. The van der Waals surface area contributed by atoms with Crippen molar-refractivity contribution in [3.8, 4) is 11.5 Å². The van der Waals surface area contributed by atoms with Crippen molar-refractivity contribution >= 4 is 43.9 Å². The Bertz CT molecular complexity index is 1550. The van der Waals surface area contributed by atoms with Crippen LogP contribution in [0.15, 0.2) is 77.8 Å². The molecule has 0 aliphatic rings. The monoisotopic (exact) mass is 496 g/mol. The molecule has 0 spiro atoms. The number of ether oxygens (including phenoxy) is 1. The first-order chi connectivity index (χ1) is 16.7. The molecule has 0 atom stereocenters. The molecular formula is C23H20N4O7S. The normalized spacial score (nSPS) is 11.2. The SMILES string of the molecule is COc1ccccc1NS(=O)(=O)c1ccc(O)c(NC(=O)Cn2ccc3cc([N+](=O)[O-])ccc32)c1. The lowest BCUT2D eigenvalue weighted by molar-refractivity contribution is -0.384. The Hall–Kier alpha value is -4.58. The van der Waals surface area contributed by atoms with Gasteiger partial charge >= 0.3 is 0 Å². The van der Waals surface area contributed by atoms with Gasteiger partial charge in [0.15, 0.2) is 0 Å². The summed E-state index contributed by atoms with van der Waals surface area (Å²) in [4.78, 5) is 22.9. The number of carbonyl (C=O) groups excluding carboxylic acids is 1. The number of anilines is 2. The van der Waals surface area contributed by atoms with Gasteiger partial charge in [-0.15, -0.1) is 0 Å². The van der Waals surface area contributed by atoms with Crippen LogP contribution in [-0.2, 0) is 21.4 Å². The maximum atomic E-state index is 12.9. The van der Waals surface area contributed by atoms with E-state index in [1.807, 2.05) is 0 Å². The van der Waals surface area contributed by atoms with Crippen molar-refractivity contribution in [2.45, 2.75) is 11.4 Å². The Morgan fingerprint density at radius 2 is 1.86 bits per heavy atom. The van der Waals surface area contributed by atoms with Crippen LogP contribution >= 0.6 is 0 Å². The van der Waals surface area contributed by atoms with Crippen LogP contribution < -0.4 is 14.8 Å². The van der Waals surface area contributed by atoms with Crippen LogP contribution in [0.25, 0.3) is 10.9 Å². The van der Waals surface area contributed by atoms with Crippen LogP contribution in [0, 0.1) is 10.1 Å². The van der Waals surface area contributed by atoms with Crippen LogP contribution in [0.4, 0.5) is 17.1 Å². The molecule has 0 aliphatic heterocycles. The van der Waals surface area contributed by atoms with Gasteiger partial charge in [0.25, 0.3) is 15.7 Å². The van der Waals surface area contributed by atoms with Crippen molar-refractivity contribution in [1.29, 1.82) is 0 Å². The standard InChI is InChI=1S/C23H20N4O7S/c1-34-22-5-3-2-4-18(22)25-35(32,33)17-7-9-21(28)19(13-17)24-23(29)14-26-11-10-15-12-16(27(30)31)6-8-20(15)26/h2-13,25,28H,14H2,1H3,(H,24,29). The van der Waals surface area contributed by atoms with Gasteiger partial charge in [0.1, 0.15) is 18.0 Å². The number of hydrogen-bond acceptors (Lipinski definition) is 7. The minimum atomic E-state index is -4.06. The molecule has 0 unspecified atom stereocenters. The predicted octanol–water partition coefficient (Wildman–Crippen LogP) is 3.70. The number of carbonyl (C=O) groups is 1. The van der Waals surface area contributed by atoms with Gasteiger partial charge in [-0.05, 0) is 42.5 Å². The summed E-state index contributed by atoms with van der Waals surface area (Å²) >= 11 is 0. The van der Waals surface area contributed by atoms with Gasteiger partial charge in [-0.3, -0.25) is 19.6 Å². The molecule has 1 aromatic heterocycles. The van der Waals surface area contributed by atoms with E-state index in [0.717, 1.165) is 12.1 Å². The summed E-state index contributed by atoms with van der Waals surface area (Å²) in [5, 5.41) is 24.2. The molecule has 0 saturated carbocycles. The molecule has 3 N–H and O–H groups in total. The third-order valence-corrected chi connectivity index (χ3v) is 6.55. The maximum absolute atomic E-state index is 12.9. The fourth-order valence-corrected chi connectivity index (χ4v) is 4.59. The van der Waals surface area contributed by atoms with Crippen molar-refractivity contribution in [1.82, 2.24) is 4.57 Å². The van der Waals surface area contributed by atoms with Gasteiger partial charge in [0, 0.05) is 29.2 Å². The van der Waals surface area contributed by atoms with Crippen LogP contribution in [0.3, 0.4) is 0 Å². The Morgan fingerprint density at radius 3 is 2.60 bits per heavy atom. The molecule has 1 heterocycles. The average molecular weight is 497 g/mol. The molecule has 0 fully saturated rings. The number of nitro benzene ring substituents is 1. The number of aromatic hydroxyl groups is 1. The number of methoxy groups -OCH3 is 1. The predicted molar refractivity (Wildman–Crippen MR) is 129 cm³/mol. The first-order valence-electron chi connectivity index (χ1n) is 10.2. The number of amides is 1. The van der Waals surface area contributed by atoms with Crippen LogP contribution in [0.2, 0.25) is 0 Å². The minimum Gasteiger partial charge on any atom is -0.506 e. The lowest BCUT2D eigenvalue weighted by Gasteiger charge is -2.14. The molecule has 11 nitrogen and oxygen atoms in total. The molecule has 0 bridgehead atoms. The summed E-state index contributed by atoms with van der Waals surface area (Å²) in [6, 6.07) is 15.9. The number of non-ortho nitro benzene ring substituents is 1. The number of benzene rings is 3. The summed E-state index contributed by atoms with van der Waals surface area (Å²) in [5.41, 5.74) is 0.676. The quantitative estimate of drug-likeness (QED) is 0.191. The van der Waals surface area contributed by atoms with Gasteiger partial charge in [-0.1, -0.05) is 12.1 Å². The van der Waals surface area contributed by atoms with E-state index in [4.69, 9.17) is 4.74 Å². The van der Waals surface area contributed by atoms with Crippen molar-refractivity contribution in [3.63, 3.8) is 0 Å². The zero-order valence-corrected chi connectivity index (χ0v) is 19.2. The fraction of sp³-hybridized carbons (Fsp3) is 0.0870. The number of para-hydroxylation sites is 2. The second-order valence-corrected chi connectivity index (χ2v) is 9.16. The third-order valence-electron chi connectivity index (χ3n) is 5.18. The molecular weight excluding hydrogens is 476 g/mol. The fourth-order valence-electron chi connectivity index (χ4n) is 3.50. The Labute approximate surface area is 199 Å². The molecule has 0 radical (unpaired) electrons. The molecule has 12 heteroatoms. The van der Waals surface area contributed by atoms with Crippen molar-refractivity contribution in [3.05, 3.63) is 83.0 Å². The summed E-state index contributed by atoms with van der Waals surface area (Å²) in [6.45, 7) is -0.169. The van der Waals surface area contributed by atoms with Gasteiger partial charge in [0.2, 0.25) is 5.91 Å². The van der Waals surface area contributed by atoms with E-state index in [-0.39, 0.29) is 34.3 Å². The molecule has 35 heavy (non-hydrogen) atoms. The van der Waals surface area contributed by atoms with E-state index in [2.05, 4.69) is 10.0 Å². The van der Waals surface area contributed by atoms with Gasteiger partial charge < -0.3 is 19.7 Å². The zero-order valence-electron chi connectivity index (χ0n) is 18.3. The second-order valence-electron chi connectivity index (χ2n) is 7.48. The number of sulfonamides is 1. The smallest absolute Gasteiger partial charge is 0.270 e. The maximum Gasteiger partial charge on any atom is 0.270 e. The number of aromatic nitrogens is 1. The lowest BCUT2D eigenvalue weighted by atomic mass is 10.2. The molecule has 0 aliphatic carbocycles. The largest absolute Gasteiger partial charge is 0.506 e. The number of hydrogen-bond donors (Lipinski definition) is 3. The van der Waals surface area contributed by atoms with Crippen LogP contribution in [0.5, 0.6) is 11.5 Å². The number of phenolic OH excluding ortho intramolecular Hbond substituents is 1. The van der Waals surface area contributed by atoms with Crippen molar-refractivity contribution in [2.24, 2.45) is 0 Å². The molecule has 4 aromatic rings. The summed E-state index contributed by atoms with van der Waals surface area (Å²) in [5.74, 6) is -0.529. The summed E-state index contributed by atoms with van der Waals surface area (Å²) in [7, 11) is -2.65. The first-order valence-corrected chi connectivity index (χ1v) is 11.7. The Morgan fingerprint density at radius 1 is 1.09 bits per heavy atom. The second kappa shape index (κ2) is 9.35. The zero-order chi connectivity index (χ0) is 25.2. The Balaban J connectivity index is 1.54. The van der Waals surface area contributed by atoms with Gasteiger partial charge in [0.05, 0.1) is 28.3 Å². The number of nitrogens with one attached hydrogen (secondary N) is 2. The highest BCUT2D eigenvalue weighted by molar-refractivity contribution is 7.92. The summed E-state index contributed by atoms with van der Waals surface area (Å²) < 4.78 is 34.9. The van der Waals surface area contributed by atoms with E-state index in [1.54, 1.807) is 35.0 Å².